The van der Waals surface area contributed by atoms with E-state index in [1.807, 2.05) is 19.4 Å². The summed E-state index contributed by atoms with van der Waals surface area (Å²) >= 11 is 11.3. The van der Waals surface area contributed by atoms with Gasteiger partial charge in [0, 0.05) is 55.0 Å². The zero-order chi connectivity index (χ0) is 14.1. The Labute approximate surface area is 135 Å². The van der Waals surface area contributed by atoms with Crippen molar-refractivity contribution < 1.29 is 0 Å². The normalized spacial score (nSPS) is 20.4. The number of piperazine rings is 1. The Balaban J connectivity index is 1.80. The zero-order valence-electron chi connectivity index (χ0n) is 11.1. The van der Waals surface area contributed by atoms with Crippen molar-refractivity contribution in [2.75, 3.05) is 19.6 Å². The van der Waals surface area contributed by atoms with Gasteiger partial charge in [0.1, 0.15) is 10.2 Å². The van der Waals surface area contributed by atoms with Crippen LogP contribution in [0.2, 0.25) is 4.34 Å². The van der Waals surface area contributed by atoms with Gasteiger partial charge in [-0.05, 0) is 22.0 Å². The second-order valence-electron chi connectivity index (χ2n) is 4.92. The molecule has 1 unspecified atom stereocenters. The molecule has 0 aromatic carbocycles. The maximum atomic E-state index is 6.13. The number of imidazole rings is 1. The molecule has 1 fully saturated rings. The molecular weight excluding hydrogens is 360 g/mol. The lowest BCUT2D eigenvalue weighted by Crippen LogP contribution is -2.46. The average Bonchev–Trinajstić information content (AvgIpc) is 2.97. The van der Waals surface area contributed by atoms with E-state index in [1.165, 1.54) is 4.88 Å². The van der Waals surface area contributed by atoms with Crippen LogP contribution in [-0.2, 0) is 13.6 Å². The lowest BCUT2D eigenvalue weighted by atomic mass is 10.1. The molecule has 0 bridgehead atoms. The van der Waals surface area contributed by atoms with Crippen molar-refractivity contribution in [1.29, 1.82) is 0 Å². The fourth-order valence-corrected chi connectivity index (χ4v) is 4.37. The van der Waals surface area contributed by atoms with Crippen LogP contribution in [0.5, 0.6) is 0 Å². The lowest BCUT2D eigenvalue weighted by molar-refractivity contribution is 0.146. The molecule has 1 aliphatic heterocycles. The minimum atomic E-state index is 0.309. The van der Waals surface area contributed by atoms with Crippen molar-refractivity contribution in [2.24, 2.45) is 7.05 Å². The average molecular weight is 376 g/mol. The molecule has 4 nitrogen and oxygen atoms in total. The summed E-state index contributed by atoms with van der Waals surface area (Å²) < 4.78 is 3.91. The molecular formula is C13H16BrClN4S. The van der Waals surface area contributed by atoms with Crippen LogP contribution < -0.4 is 5.32 Å². The third-order valence-corrected chi connectivity index (χ3v) is 6.03. The molecule has 7 heteroatoms. The molecule has 2 aromatic heterocycles. The van der Waals surface area contributed by atoms with Gasteiger partial charge in [-0.1, -0.05) is 11.6 Å². The van der Waals surface area contributed by atoms with Gasteiger partial charge in [-0.3, -0.25) is 4.90 Å². The number of hydrogen-bond acceptors (Lipinski definition) is 4. The van der Waals surface area contributed by atoms with Crippen LogP contribution in [0.25, 0.3) is 0 Å². The first-order valence-corrected chi connectivity index (χ1v) is 8.49. The van der Waals surface area contributed by atoms with E-state index in [-0.39, 0.29) is 0 Å². The van der Waals surface area contributed by atoms with E-state index >= 15 is 0 Å². The number of thiophene rings is 1. The fraction of sp³-hybridized carbons (Fsp3) is 0.462. The molecule has 20 heavy (non-hydrogen) atoms. The quantitative estimate of drug-likeness (QED) is 0.895. The fourth-order valence-electron chi connectivity index (χ4n) is 2.56. The third kappa shape index (κ3) is 2.94. The van der Waals surface area contributed by atoms with Crippen LogP contribution in [0.1, 0.15) is 16.7 Å². The van der Waals surface area contributed by atoms with E-state index in [9.17, 15) is 0 Å². The van der Waals surface area contributed by atoms with Gasteiger partial charge in [0.2, 0.25) is 0 Å². The molecule has 0 amide bonds. The van der Waals surface area contributed by atoms with Crippen molar-refractivity contribution in [1.82, 2.24) is 19.8 Å². The largest absolute Gasteiger partial charge is 0.337 e. The van der Waals surface area contributed by atoms with Gasteiger partial charge < -0.3 is 9.88 Å². The SMILES string of the molecule is Cn1ccnc1C1CNCCN1Cc1cc(Br)c(Cl)s1. The first-order chi connectivity index (χ1) is 9.65. The second kappa shape index (κ2) is 6.15. The summed E-state index contributed by atoms with van der Waals surface area (Å²) in [5, 5.41) is 3.46. The van der Waals surface area contributed by atoms with E-state index in [2.05, 4.69) is 41.8 Å². The Kier molecular flexibility index (Phi) is 4.47. The van der Waals surface area contributed by atoms with Crippen LogP contribution in [-0.4, -0.2) is 34.1 Å². The minimum Gasteiger partial charge on any atom is -0.337 e. The van der Waals surface area contributed by atoms with Gasteiger partial charge >= 0.3 is 0 Å². The molecule has 0 radical (unpaired) electrons. The van der Waals surface area contributed by atoms with Gasteiger partial charge in [0.15, 0.2) is 0 Å². The maximum absolute atomic E-state index is 6.13. The van der Waals surface area contributed by atoms with Crippen molar-refractivity contribution in [2.45, 2.75) is 12.6 Å². The maximum Gasteiger partial charge on any atom is 0.127 e. The Hall–Kier alpha value is -0.400. The van der Waals surface area contributed by atoms with Crippen LogP contribution >= 0.6 is 38.9 Å². The van der Waals surface area contributed by atoms with Crippen LogP contribution in [0.4, 0.5) is 0 Å². The summed E-state index contributed by atoms with van der Waals surface area (Å²) in [7, 11) is 2.05. The predicted molar refractivity (Wildman–Crippen MR) is 86.3 cm³/mol. The molecule has 2 aromatic rings. The van der Waals surface area contributed by atoms with Crippen molar-refractivity contribution in [3.63, 3.8) is 0 Å². The molecule has 1 N–H and O–H groups in total. The number of rotatable bonds is 3. The van der Waals surface area contributed by atoms with Gasteiger partial charge in [-0.2, -0.15) is 0 Å². The summed E-state index contributed by atoms with van der Waals surface area (Å²) in [5.74, 6) is 1.11. The van der Waals surface area contributed by atoms with Crippen molar-refractivity contribution >= 4 is 38.9 Å². The highest BCUT2D eigenvalue weighted by atomic mass is 79.9. The number of nitrogens with zero attached hydrogens (tertiary/aromatic N) is 3. The summed E-state index contributed by atoms with van der Waals surface area (Å²) in [6, 6.07) is 2.42. The number of halogens is 2. The summed E-state index contributed by atoms with van der Waals surface area (Å²) in [6.07, 6.45) is 3.86. The Morgan fingerprint density at radius 3 is 3.10 bits per heavy atom. The molecule has 1 saturated heterocycles. The molecule has 3 heterocycles. The third-order valence-electron chi connectivity index (χ3n) is 3.57. The van der Waals surface area contributed by atoms with Crippen LogP contribution in [0, 0.1) is 0 Å². The summed E-state index contributed by atoms with van der Waals surface area (Å²) in [4.78, 5) is 8.25. The highest BCUT2D eigenvalue weighted by Crippen LogP contribution is 2.34. The van der Waals surface area contributed by atoms with E-state index in [0.29, 0.717) is 6.04 Å². The summed E-state index contributed by atoms with van der Waals surface area (Å²) in [5.41, 5.74) is 0. The van der Waals surface area contributed by atoms with Crippen LogP contribution in [0.15, 0.2) is 22.9 Å². The standard InChI is InChI=1S/C13H16BrClN4S/c1-18-4-3-17-13(18)11-7-16-2-5-19(11)8-9-6-10(14)12(15)20-9/h3-4,6,11,16H,2,5,7-8H2,1H3. The predicted octanol–water partition coefficient (Wildman–Crippen LogP) is 3.04. The molecule has 108 valence electrons. The monoisotopic (exact) mass is 374 g/mol. The number of hydrogen-bond donors (Lipinski definition) is 1. The topological polar surface area (TPSA) is 33.1 Å². The Bertz CT molecular complexity index is 577. The second-order valence-corrected chi connectivity index (χ2v) is 7.51. The lowest BCUT2D eigenvalue weighted by Gasteiger charge is -2.35. The Morgan fingerprint density at radius 1 is 1.60 bits per heavy atom. The number of aryl methyl sites for hydroxylation is 1. The minimum absolute atomic E-state index is 0.309. The molecule has 3 rings (SSSR count). The molecule has 1 atom stereocenters. The van der Waals surface area contributed by atoms with Crippen molar-refractivity contribution in [3.05, 3.63) is 38.0 Å². The van der Waals surface area contributed by atoms with E-state index in [4.69, 9.17) is 11.6 Å². The smallest absolute Gasteiger partial charge is 0.127 e. The first-order valence-electron chi connectivity index (χ1n) is 6.51. The Morgan fingerprint density at radius 2 is 2.45 bits per heavy atom. The number of aromatic nitrogens is 2. The molecule has 0 aliphatic carbocycles. The molecule has 1 aliphatic rings. The van der Waals surface area contributed by atoms with E-state index in [1.54, 1.807) is 11.3 Å². The highest BCUT2D eigenvalue weighted by Gasteiger charge is 2.27. The van der Waals surface area contributed by atoms with Crippen LogP contribution in [0.3, 0.4) is 0 Å². The van der Waals surface area contributed by atoms with E-state index < -0.39 is 0 Å². The molecule has 0 spiro atoms. The van der Waals surface area contributed by atoms with Crippen molar-refractivity contribution in [3.8, 4) is 0 Å². The zero-order valence-corrected chi connectivity index (χ0v) is 14.3. The summed E-state index contributed by atoms with van der Waals surface area (Å²) in [6.45, 7) is 3.88. The van der Waals surface area contributed by atoms with E-state index in [0.717, 1.165) is 40.8 Å². The number of nitrogens with one attached hydrogen (secondary N) is 1. The highest BCUT2D eigenvalue weighted by molar-refractivity contribution is 9.10. The van der Waals surface area contributed by atoms with Gasteiger partial charge in [-0.15, -0.1) is 11.3 Å². The van der Waals surface area contributed by atoms with Gasteiger partial charge in [0.05, 0.1) is 6.04 Å². The first kappa shape index (κ1) is 14.5. The molecule has 0 saturated carbocycles. The van der Waals surface area contributed by atoms with Gasteiger partial charge in [0.25, 0.3) is 0 Å². The van der Waals surface area contributed by atoms with Gasteiger partial charge in [-0.25, -0.2) is 4.98 Å².